The molecule has 36 valence electrons. The monoisotopic (exact) mass is 94.1 g/mol. The van der Waals surface area contributed by atoms with Crippen molar-refractivity contribution < 1.29 is 0 Å². The molecule has 1 N–H and O–H groups in total. The Balaban J connectivity index is 2.14. The van der Waals surface area contributed by atoms with Crippen LogP contribution in [0.4, 0.5) is 0 Å². The normalized spacial score (nSPS) is 49.1. The molecule has 2 radical (unpaired) electrons. The van der Waals surface area contributed by atoms with Crippen LogP contribution in [0.25, 0.3) is 0 Å². The lowest BCUT2D eigenvalue weighted by Crippen LogP contribution is -2.49. The number of nitrogens with one attached hydrogen (secondary N) is 1. The van der Waals surface area contributed by atoms with Gasteiger partial charge in [0.05, 0.1) is 6.17 Å². The SMILES string of the molecule is [B]N1C2CNC1C2. The average molecular weight is 93.9 g/mol. The minimum atomic E-state index is 0.519. The second kappa shape index (κ2) is 1.04. The topological polar surface area (TPSA) is 15.3 Å². The van der Waals surface area contributed by atoms with E-state index in [2.05, 4.69) is 5.32 Å². The summed E-state index contributed by atoms with van der Waals surface area (Å²) in [7, 11) is 5.50. The van der Waals surface area contributed by atoms with Gasteiger partial charge in [-0.25, -0.2) is 0 Å². The van der Waals surface area contributed by atoms with Crippen molar-refractivity contribution in [2.45, 2.75) is 18.6 Å². The second-order valence-corrected chi connectivity index (χ2v) is 2.26. The summed E-state index contributed by atoms with van der Waals surface area (Å²) in [5.74, 6) is 0. The Kier molecular flexibility index (Phi) is 0.580. The molecule has 3 aliphatic heterocycles. The first-order chi connectivity index (χ1) is 3.38. The Morgan fingerprint density at radius 3 is 2.71 bits per heavy atom. The van der Waals surface area contributed by atoms with Crippen LogP contribution in [0.3, 0.4) is 0 Å². The van der Waals surface area contributed by atoms with E-state index in [4.69, 9.17) is 7.98 Å². The van der Waals surface area contributed by atoms with Crippen LogP contribution in [-0.4, -0.2) is 31.5 Å². The molecule has 0 aliphatic carbocycles. The molecule has 0 aromatic rings. The van der Waals surface area contributed by atoms with Crippen molar-refractivity contribution in [2.24, 2.45) is 0 Å². The number of nitrogens with zero attached hydrogens (tertiary/aromatic N) is 1. The van der Waals surface area contributed by atoms with Gasteiger partial charge in [-0.2, -0.15) is 0 Å². The van der Waals surface area contributed by atoms with Crippen molar-refractivity contribution in [3.05, 3.63) is 0 Å². The van der Waals surface area contributed by atoms with Crippen LogP contribution in [0.2, 0.25) is 0 Å². The van der Waals surface area contributed by atoms with Crippen LogP contribution in [-0.2, 0) is 0 Å². The van der Waals surface area contributed by atoms with Gasteiger partial charge in [-0.1, -0.05) is 0 Å². The summed E-state index contributed by atoms with van der Waals surface area (Å²) in [5.41, 5.74) is 0. The van der Waals surface area contributed by atoms with Crippen LogP contribution < -0.4 is 5.32 Å². The van der Waals surface area contributed by atoms with Crippen LogP contribution in [0.5, 0.6) is 0 Å². The Bertz CT molecular complexity index is 81.7. The van der Waals surface area contributed by atoms with Crippen molar-refractivity contribution in [3.8, 4) is 0 Å². The molecule has 0 amide bonds. The molecule has 0 spiro atoms. The van der Waals surface area contributed by atoms with Crippen molar-refractivity contribution in [1.82, 2.24) is 10.1 Å². The van der Waals surface area contributed by atoms with E-state index >= 15 is 0 Å². The third kappa shape index (κ3) is 0.329. The highest BCUT2D eigenvalue weighted by Crippen LogP contribution is 2.25. The minimum absolute atomic E-state index is 0.519. The molecule has 2 nitrogen and oxygen atoms in total. The third-order valence-corrected chi connectivity index (χ3v) is 1.87. The maximum Gasteiger partial charge on any atom is 0.184 e. The summed E-state index contributed by atoms with van der Waals surface area (Å²) >= 11 is 0. The minimum Gasteiger partial charge on any atom is -0.336 e. The van der Waals surface area contributed by atoms with Crippen LogP contribution in [0, 0.1) is 0 Å². The maximum absolute atomic E-state index is 5.50. The predicted octanol–water partition coefficient (Wildman–Crippen LogP) is -0.927. The lowest BCUT2D eigenvalue weighted by atomic mass is 10.00. The van der Waals surface area contributed by atoms with E-state index in [1.807, 2.05) is 4.81 Å². The van der Waals surface area contributed by atoms with Crippen molar-refractivity contribution in [3.63, 3.8) is 0 Å². The fourth-order valence-electron chi connectivity index (χ4n) is 1.27. The molecular formula is C4H7BN2. The van der Waals surface area contributed by atoms with Gasteiger partial charge < -0.3 is 10.1 Å². The van der Waals surface area contributed by atoms with Crippen molar-refractivity contribution >= 4 is 7.98 Å². The van der Waals surface area contributed by atoms with E-state index in [0.717, 1.165) is 6.54 Å². The summed E-state index contributed by atoms with van der Waals surface area (Å²) in [6.45, 7) is 1.10. The first-order valence-electron chi connectivity index (χ1n) is 2.64. The average Bonchev–Trinajstić information content (AvgIpc) is 2.18. The molecule has 0 aromatic carbocycles. The van der Waals surface area contributed by atoms with Gasteiger partial charge in [-0.05, 0) is 6.42 Å². The lowest BCUT2D eigenvalue weighted by molar-refractivity contribution is 0.191. The summed E-state index contributed by atoms with van der Waals surface area (Å²) in [5, 5.41) is 3.24. The molecule has 3 aliphatic rings. The molecule has 3 heterocycles. The Hall–Kier alpha value is -0.0151. The molecule has 3 fully saturated rings. The molecule has 2 bridgehead atoms. The number of hydrogen-bond donors (Lipinski definition) is 1. The summed E-state index contributed by atoms with van der Waals surface area (Å²) in [6.07, 6.45) is 1.78. The number of fused-ring (bicyclic) bond motifs is 1. The fourth-order valence-corrected chi connectivity index (χ4v) is 1.27. The van der Waals surface area contributed by atoms with E-state index in [1.165, 1.54) is 6.42 Å². The smallest absolute Gasteiger partial charge is 0.184 e. The largest absolute Gasteiger partial charge is 0.336 e. The van der Waals surface area contributed by atoms with E-state index in [-0.39, 0.29) is 0 Å². The van der Waals surface area contributed by atoms with Crippen LogP contribution in [0.15, 0.2) is 0 Å². The number of rotatable bonds is 0. The van der Waals surface area contributed by atoms with Crippen molar-refractivity contribution in [1.29, 1.82) is 0 Å². The Morgan fingerprint density at radius 2 is 2.57 bits per heavy atom. The summed E-state index contributed by atoms with van der Waals surface area (Å²) in [6, 6.07) is 0.657. The van der Waals surface area contributed by atoms with Gasteiger partial charge in [0.15, 0.2) is 7.98 Å². The van der Waals surface area contributed by atoms with Gasteiger partial charge in [0.1, 0.15) is 0 Å². The zero-order valence-corrected chi connectivity index (χ0v) is 4.09. The Morgan fingerprint density at radius 1 is 1.71 bits per heavy atom. The molecule has 2 atom stereocenters. The molecule has 3 saturated heterocycles. The first-order valence-corrected chi connectivity index (χ1v) is 2.64. The van der Waals surface area contributed by atoms with Gasteiger partial charge in [-0.3, -0.25) is 0 Å². The summed E-state index contributed by atoms with van der Waals surface area (Å²) < 4.78 is 0. The molecule has 7 heavy (non-hydrogen) atoms. The molecule has 3 heteroatoms. The zero-order valence-electron chi connectivity index (χ0n) is 4.09. The highest BCUT2D eigenvalue weighted by molar-refractivity contribution is 6.05. The maximum atomic E-state index is 5.50. The predicted molar refractivity (Wildman–Crippen MR) is 27.8 cm³/mol. The standard InChI is InChI=1S/C4H7BN2/c5-7-3-1-4(7)6-2-3/h3-4,6H,1-2H2. The fraction of sp³-hybridized carbons (Fsp3) is 1.00. The van der Waals surface area contributed by atoms with E-state index in [9.17, 15) is 0 Å². The Labute approximate surface area is 44.3 Å². The van der Waals surface area contributed by atoms with Gasteiger partial charge >= 0.3 is 0 Å². The highest BCUT2D eigenvalue weighted by atomic mass is 15.4. The third-order valence-electron chi connectivity index (χ3n) is 1.87. The van der Waals surface area contributed by atoms with Gasteiger partial charge in [0.25, 0.3) is 0 Å². The van der Waals surface area contributed by atoms with Crippen LogP contribution >= 0.6 is 0 Å². The molecular weight excluding hydrogens is 86.9 g/mol. The molecule has 2 unspecified atom stereocenters. The molecule has 0 aromatic heterocycles. The second-order valence-electron chi connectivity index (χ2n) is 2.26. The quantitative estimate of drug-likeness (QED) is 0.390. The molecule has 0 saturated carbocycles. The summed E-state index contributed by atoms with van der Waals surface area (Å²) in [4.78, 5) is 1.89. The number of hydrogen-bond acceptors (Lipinski definition) is 2. The van der Waals surface area contributed by atoms with Crippen molar-refractivity contribution in [2.75, 3.05) is 6.54 Å². The van der Waals surface area contributed by atoms with E-state index < -0.39 is 0 Å². The van der Waals surface area contributed by atoms with Gasteiger partial charge in [0.2, 0.25) is 0 Å². The lowest BCUT2D eigenvalue weighted by Gasteiger charge is -2.36. The van der Waals surface area contributed by atoms with E-state index in [0.29, 0.717) is 12.2 Å². The van der Waals surface area contributed by atoms with E-state index in [1.54, 1.807) is 0 Å². The highest BCUT2D eigenvalue weighted by Gasteiger charge is 2.40. The zero-order chi connectivity index (χ0) is 4.85. The molecule has 3 rings (SSSR count). The van der Waals surface area contributed by atoms with Gasteiger partial charge in [-0.15, -0.1) is 0 Å². The first kappa shape index (κ1) is 3.92. The van der Waals surface area contributed by atoms with Crippen LogP contribution in [0.1, 0.15) is 6.42 Å². The van der Waals surface area contributed by atoms with Gasteiger partial charge in [0, 0.05) is 12.6 Å².